The number of ether oxygens (including phenoxy) is 1. The molecular formula is C26H25NO4. The Morgan fingerprint density at radius 1 is 0.806 bits per heavy atom. The average Bonchev–Trinajstić information content (AvgIpc) is 2.79. The van der Waals surface area contributed by atoms with E-state index in [1.165, 1.54) is 0 Å². The van der Waals surface area contributed by atoms with Crippen LogP contribution in [-0.4, -0.2) is 29.7 Å². The van der Waals surface area contributed by atoms with Crippen molar-refractivity contribution in [2.45, 2.75) is 32.4 Å². The van der Waals surface area contributed by atoms with Gasteiger partial charge in [0.1, 0.15) is 6.04 Å². The monoisotopic (exact) mass is 415 g/mol. The molecule has 0 spiro atoms. The number of ketones is 2. The molecule has 1 N–H and O–H groups in total. The highest BCUT2D eigenvalue weighted by Crippen LogP contribution is 2.15. The average molecular weight is 415 g/mol. The summed E-state index contributed by atoms with van der Waals surface area (Å²) in [4.78, 5) is 38.3. The summed E-state index contributed by atoms with van der Waals surface area (Å²) < 4.78 is 5.46. The van der Waals surface area contributed by atoms with E-state index in [2.05, 4.69) is 5.32 Å². The molecule has 0 aliphatic heterocycles. The minimum atomic E-state index is -0.970. The van der Waals surface area contributed by atoms with Crippen LogP contribution in [0.1, 0.15) is 39.6 Å². The van der Waals surface area contributed by atoms with Gasteiger partial charge < -0.3 is 10.1 Å². The Morgan fingerprint density at radius 2 is 1.39 bits per heavy atom. The fourth-order valence-corrected chi connectivity index (χ4v) is 3.12. The molecule has 0 saturated heterocycles. The maximum absolute atomic E-state index is 12.9. The highest BCUT2D eigenvalue weighted by molar-refractivity contribution is 6.02. The molecule has 31 heavy (non-hydrogen) atoms. The van der Waals surface area contributed by atoms with Crippen LogP contribution in [0.2, 0.25) is 0 Å². The Morgan fingerprint density at radius 3 is 2.00 bits per heavy atom. The first-order chi connectivity index (χ1) is 14.9. The Kier molecular flexibility index (Phi) is 7.33. The van der Waals surface area contributed by atoms with Crippen molar-refractivity contribution in [3.63, 3.8) is 0 Å². The molecule has 0 aromatic heterocycles. The Balaban J connectivity index is 1.73. The zero-order valence-electron chi connectivity index (χ0n) is 17.6. The summed E-state index contributed by atoms with van der Waals surface area (Å²) in [6, 6.07) is 24.0. The Hall–Kier alpha value is -3.73. The topological polar surface area (TPSA) is 72.5 Å². The molecular weight excluding hydrogens is 390 g/mol. The van der Waals surface area contributed by atoms with Gasteiger partial charge in [-0.1, -0.05) is 78.4 Å². The number of anilines is 1. The number of benzene rings is 3. The van der Waals surface area contributed by atoms with Gasteiger partial charge in [-0.2, -0.15) is 0 Å². The minimum Gasteiger partial charge on any atom is -0.453 e. The molecule has 5 nitrogen and oxygen atoms in total. The van der Waals surface area contributed by atoms with Crippen LogP contribution in [0, 0.1) is 6.92 Å². The first kappa shape index (κ1) is 22.0. The van der Waals surface area contributed by atoms with Gasteiger partial charge in [0.2, 0.25) is 5.78 Å². The number of carbonyl (C=O) groups excluding carboxylic acids is 3. The third-order valence-corrected chi connectivity index (χ3v) is 4.88. The zero-order valence-corrected chi connectivity index (χ0v) is 17.6. The number of Topliss-reactive ketones (excluding diaryl/α,β-unsaturated/α-hetero) is 2. The van der Waals surface area contributed by atoms with E-state index >= 15 is 0 Å². The molecule has 0 saturated carbocycles. The molecule has 3 rings (SSSR count). The molecule has 0 unspecified atom stereocenters. The lowest BCUT2D eigenvalue weighted by Gasteiger charge is -2.21. The van der Waals surface area contributed by atoms with Gasteiger partial charge in [-0.25, -0.2) is 4.79 Å². The van der Waals surface area contributed by atoms with E-state index in [0.717, 1.165) is 5.56 Å². The van der Waals surface area contributed by atoms with Crippen LogP contribution in [0.4, 0.5) is 5.69 Å². The van der Waals surface area contributed by atoms with Gasteiger partial charge in [-0.05, 0) is 26.0 Å². The second-order valence-corrected chi connectivity index (χ2v) is 7.37. The normalized spacial score (nSPS) is 12.5. The van der Waals surface area contributed by atoms with E-state index < -0.39 is 18.1 Å². The van der Waals surface area contributed by atoms with E-state index in [0.29, 0.717) is 16.8 Å². The first-order valence-corrected chi connectivity index (χ1v) is 10.2. The van der Waals surface area contributed by atoms with Crippen molar-refractivity contribution in [1.82, 2.24) is 0 Å². The molecule has 158 valence electrons. The number of aryl methyl sites for hydroxylation is 1. The molecule has 0 amide bonds. The highest BCUT2D eigenvalue weighted by atomic mass is 16.5. The summed E-state index contributed by atoms with van der Waals surface area (Å²) in [7, 11) is 0. The molecule has 5 heteroatoms. The van der Waals surface area contributed by atoms with E-state index in [-0.39, 0.29) is 18.0 Å². The predicted molar refractivity (Wildman–Crippen MR) is 120 cm³/mol. The molecule has 0 aliphatic rings. The van der Waals surface area contributed by atoms with Gasteiger partial charge in [0.25, 0.3) is 0 Å². The lowest BCUT2D eigenvalue weighted by atomic mass is 10.0. The fraction of sp³-hybridized carbons (Fsp3) is 0.192. The largest absolute Gasteiger partial charge is 0.453 e. The zero-order chi connectivity index (χ0) is 22.2. The maximum atomic E-state index is 12.9. The summed E-state index contributed by atoms with van der Waals surface area (Å²) in [6.07, 6.45) is -1.06. The van der Waals surface area contributed by atoms with Crippen molar-refractivity contribution in [2.75, 3.05) is 5.32 Å². The summed E-state index contributed by atoms with van der Waals surface area (Å²) in [6.45, 7) is 3.47. The van der Waals surface area contributed by atoms with E-state index in [1.807, 2.05) is 43.3 Å². The van der Waals surface area contributed by atoms with Crippen LogP contribution in [0.3, 0.4) is 0 Å². The standard InChI is InChI=1S/C26H25NO4/c1-18-13-15-21(16-14-18)25(29)19(2)31-26(30)23(27-22-11-7-4-8-12-22)17-24(28)20-9-5-3-6-10-20/h3-16,19,23,27H,17H2,1-2H3/t19-,23-/m1/s1. The fourth-order valence-electron chi connectivity index (χ4n) is 3.12. The Bertz CT molecular complexity index is 1030. The molecule has 0 heterocycles. The minimum absolute atomic E-state index is 0.0941. The van der Waals surface area contributed by atoms with Crippen LogP contribution in [0.15, 0.2) is 84.9 Å². The van der Waals surface area contributed by atoms with Crippen LogP contribution in [-0.2, 0) is 9.53 Å². The number of hydrogen-bond acceptors (Lipinski definition) is 5. The van der Waals surface area contributed by atoms with Gasteiger partial charge in [0.15, 0.2) is 11.9 Å². The second kappa shape index (κ2) is 10.3. The molecule has 2 atom stereocenters. The number of hydrogen-bond donors (Lipinski definition) is 1. The summed E-state index contributed by atoms with van der Waals surface area (Å²) >= 11 is 0. The van der Waals surface area contributed by atoms with E-state index in [1.54, 1.807) is 55.5 Å². The van der Waals surface area contributed by atoms with E-state index in [9.17, 15) is 14.4 Å². The third kappa shape index (κ3) is 6.12. The van der Waals surface area contributed by atoms with Crippen molar-refractivity contribution in [2.24, 2.45) is 0 Å². The van der Waals surface area contributed by atoms with E-state index in [4.69, 9.17) is 4.74 Å². The van der Waals surface area contributed by atoms with Crippen molar-refractivity contribution in [3.8, 4) is 0 Å². The highest BCUT2D eigenvalue weighted by Gasteiger charge is 2.28. The van der Waals surface area contributed by atoms with Crippen molar-refractivity contribution in [3.05, 3.63) is 102 Å². The lowest BCUT2D eigenvalue weighted by molar-refractivity contribution is -0.147. The predicted octanol–water partition coefficient (Wildman–Crippen LogP) is 4.86. The molecule has 0 radical (unpaired) electrons. The van der Waals surface area contributed by atoms with Gasteiger partial charge >= 0.3 is 5.97 Å². The SMILES string of the molecule is Cc1ccc(C(=O)[C@@H](C)OC(=O)[C@@H](CC(=O)c2ccccc2)Nc2ccccc2)cc1. The summed E-state index contributed by atoms with van der Waals surface area (Å²) in [5.74, 6) is -1.13. The molecule has 0 aliphatic carbocycles. The van der Waals surface area contributed by atoms with Gasteiger partial charge in [-0.3, -0.25) is 9.59 Å². The summed E-state index contributed by atoms with van der Waals surface area (Å²) in [5.41, 5.74) is 2.70. The number of carbonyl (C=O) groups is 3. The van der Waals surface area contributed by atoms with Crippen molar-refractivity contribution < 1.29 is 19.1 Å². The molecule has 3 aromatic rings. The van der Waals surface area contributed by atoms with Crippen molar-refractivity contribution >= 4 is 23.2 Å². The quantitative estimate of drug-likeness (QED) is 0.399. The third-order valence-electron chi connectivity index (χ3n) is 4.88. The van der Waals surface area contributed by atoms with Gasteiger partial charge in [0, 0.05) is 23.2 Å². The van der Waals surface area contributed by atoms with Gasteiger partial charge in [0.05, 0.1) is 0 Å². The maximum Gasteiger partial charge on any atom is 0.329 e. The Labute approximate surface area is 182 Å². The number of nitrogens with one attached hydrogen (secondary N) is 1. The van der Waals surface area contributed by atoms with Crippen LogP contribution >= 0.6 is 0 Å². The van der Waals surface area contributed by atoms with Crippen LogP contribution in [0.5, 0.6) is 0 Å². The lowest BCUT2D eigenvalue weighted by Crippen LogP contribution is -2.37. The van der Waals surface area contributed by atoms with Crippen LogP contribution < -0.4 is 5.32 Å². The second-order valence-electron chi connectivity index (χ2n) is 7.37. The smallest absolute Gasteiger partial charge is 0.329 e. The summed E-state index contributed by atoms with van der Waals surface area (Å²) in [5, 5.41) is 3.06. The molecule has 3 aromatic carbocycles. The molecule has 0 fully saturated rings. The number of rotatable bonds is 9. The molecule has 0 bridgehead atoms. The number of para-hydroxylation sites is 1. The first-order valence-electron chi connectivity index (χ1n) is 10.2. The van der Waals surface area contributed by atoms with Crippen LogP contribution in [0.25, 0.3) is 0 Å². The van der Waals surface area contributed by atoms with Crippen molar-refractivity contribution in [1.29, 1.82) is 0 Å². The number of esters is 1. The van der Waals surface area contributed by atoms with Gasteiger partial charge in [-0.15, -0.1) is 0 Å².